The molecule has 2 heterocycles. The van der Waals surface area contributed by atoms with Crippen LogP contribution in [0.3, 0.4) is 0 Å². The Morgan fingerprint density at radius 3 is 2.74 bits per heavy atom. The van der Waals surface area contributed by atoms with Crippen LogP contribution in [-0.2, 0) is 13.6 Å². The van der Waals surface area contributed by atoms with Crippen molar-refractivity contribution in [2.45, 2.75) is 12.6 Å². The van der Waals surface area contributed by atoms with Gasteiger partial charge in [-0.3, -0.25) is 14.3 Å². The first-order valence-corrected chi connectivity index (χ1v) is 7.94. The van der Waals surface area contributed by atoms with Gasteiger partial charge in [0.25, 0.3) is 5.56 Å². The summed E-state index contributed by atoms with van der Waals surface area (Å²) in [6.07, 6.45) is 0.259. The number of aliphatic hydroxyl groups is 2. The Labute approximate surface area is 151 Å². The zero-order valence-corrected chi connectivity index (χ0v) is 14.3. The third-order valence-corrected chi connectivity index (χ3v) is 3.86. The van der Waals surface area contributed by atoms with Gasteiger partial charge in [0.15, 0.2) is 11.2 Å². The first-order valence-electron chi connectivity index (χ1n) is 7.94. The summed E-state index contributed by atoms with van der Waals surface area (Å²) in [6.45, 7) is -0.676. The lowest BCUT2D eigenvalue weighted by Crippen LogP contribution is -2.30. The molecule has 3 rings (SSSR count). The number of imidazole rings is 1. The number of nitrogens with zero attached hydrogens (tertiary/aromatic N) is 4. The molecule has 4 N–H and O–H groups in total. The maximum absolute atomic E-state index is 12.9. The molecular weight excluding hydrogens is 359 g/mol. The lowest BCUT2D eigenvalue weighted by Gasteiger charge is -2.11. The highest BCUT2D eigenvalue weighted by atomic mass is 19.1. The minimum atomic E-state index is -1.15. The minimum absolute atomic E-state index is 0.0454. The van der Waals surface area contributed by atoms with E-state index in [2.05, 4.69) is 20.5 Å². The second kappa shape index (κ2) is 7.51. The van der Waals surface area contributed by atoms with Crippen molar-refractivity contribution in [3.05, 3.63) is 56.5 Å². The van der Waals surface area contributed by atoms with Gasteiger partial charge in [-0.05, 0) is 17.7 Å². The second-order valence-electron chi connectivity index (χ2n) is 5.79. The van der Waals surface area contributed by atoms with Crippen LogP contribution in [0.25, 0.3) is 11.2 Å². The molecule has 0 bridgehead atoms. The summed E-state index contributed by atoms with van der Waals surface area (Å²) in [5.41, 5.74) is 2.07. The number of aryl methyl sites for hydroxylation is 1. The van der Waals surface area contributed by atoms with Gasteiger partial charge >= 0.3 is 5.69 Å². The summed E-state index contributed by atoms with van der Waals surface area (Å²) >= 11 is 0. The number of hydrazone groups is 1. The highest BCUT2D eigenvalue weighted by Gasteiger charge is 2.19. The van der Waals surface area contributed by atoms with Crippen molar-refractivity contribution < 1.29 is 14.6 Å². The van der Waals surface area contributed by atoms with Crippen LogP contribution in [0.2, 0.25) is 0 Å². The summed E-state index contributed by atoms with van der Waals surface area (Å²) < 4.78 is 15.4. The van der Waals surface area contributed by atoms with Crippen molar-refractivity contribution in [2.24, 2.45) is 12.1 Å². The number of aromatic amines is 1. The van der Waals surface area contributed by atoms with Crippen molar-refractivity contribution in [1.29, 1.82) is 0 Å². The normalized spacial score (nSPS) is 12.7. The fourth-order valence-electron chi connectivity index (χ4n) is 2.48. The molecule has 0 aliphatic rings. The van der Waals surface area contributed by atoms with Gasteiger partial charge in [0, 0.05) is 7.05 Å². The summed E-state index contributed by atoms with van der Waals surface area (Å²) in [4.78, 5) is 30.3. The zero-order chi connectivity index (χ0) is 19.6. The molecule has 0 aliphatic heterocycles. The standard InChI is InChI=1S/C16H17FN6O4/c1-22-13-12(14(26)20-16(22)27)23(7-11(25)8-24)15(19-13)21-18-6-9-2-4-10(17)5-3-9/h2-6,11,24-25H,7-8H2,1H3,(H,19,21)(H,20,26,27)/b18-6+. The number of aromatic nitrogens is 4. The van der Waals surface area contributed by atoms with E-state index in [1.165, 1.54) is 42.1 Å². The maximum Gasteiger partial charge on any atom is 0.329 e. The molecule has 0 spiro atoms. The van der Waals surface area contributed by atoms with Crippen molar-refractivity contribution in [2.75, 3.05) is 12.0 Å². The third kappa shape index (κ3) is 3.78. The molecule has 3 aromatic rings. The number of aliphatic hydroxyl groups excluding tert-OH is 2. The predicted molar refractivity (Wildman–Crippen MR) is 96.3 cm³/mol. The number of rotatable bonds is 6. The number of nitrogens with one attached hydrogen (secondary N) is 2. The summed E-state index contributed by atoms with van der Waals surface area (Å²) in [5.74, 6) is -0.289. The molecule has 11 heteroatoms. The molecule has 1 atom stereocenters. The van der Waals surface area contributed by atoms with Gasteiger partial charge in [-0.2, -0.15) is 10.1 Å². The molecule has 1 aromatic carbocycles. The highest BCUT2D eigenvalue weighted by molar-refractivity contribution is 5.80. The van der Waals surface area contributed by atoms with Crippen LogP contribution in [0, 0.1) is 5.82 Å². The van der Waals surface area contributed by atoms with Crippen LogP contribution in [-0.4, -0.2) is 48.2 Å². The molecule has 142 valence electrons. The molecule has 27 heavy (non-hydrogen) atoms. The predicted octanol–water partition coefficient (Wildman–Crippen LogP) is -0.638. The Balaban J connectivity index is 2.02. The van der Waals surface area contributed by atoms with E-state index in [9.17, 15) is 19.1 Å². The highest BCUT2D eigenvalue weighted by Crippen LogP contribution is 2.16. The zero-order valence-electron chi connectivity index (χ0n) is 14.3. The number of anilines is 1. The third-order valence-electron chi connectivity index (χ3n) is 3.86. The molecule has 0 fully saturated rings. The number of halogens is 1. The quantitative estimate of drug-likeness (QED) is 0.334. The van der Waals surface area contributed by atoms with Crippen molar-refractivity contribution >= 4 is 23.3 Å². The maximum atomic E-state index is 12.9. The van der Waals surface area contributed by atoms with E-state index in [1.54, 1.807) is 0 Å². The number of hydrogen-bond donors (Lipinski definition) is 4. The van der Waals surface area contributed by atoms with E-state index in [1.807, 2.05) is 0 Å². The molecule has 0 saturated carbocycles. The lowest BCUT2D eigenvalue weighted by molar-refractivity contribution is 0.0825. The molecule has 0 radical (unpaired) electrons. The summed E-state index contributed by atoms with van der Waals surface area (Å²) in [7, 11) is 1.44. The van der Waals surface area contributed by atoms with Crippen LogP contribution in [0.15, 0.2) is 39.0 Å². The molecular formula is C16H17FN6O4. The van der Waals surface area contributed by atoms with Crippen molar-refractivity contribution in [1.82, 2.24) is 19.1 Å². The average Bonchev–Trinajstić information content (AvgIpc) is 3.00. The fourth-order valence-corrected chi connectivity index (χ4v) is 2.48. The SMILES string of the molecule is Cn1c(=O)[nH]c(=O)c2c1nc(N/N=C/c1ccc(F)cc1)n2CC(O)CO. The largest absolute Gasteiger partial charge is 0.394 e. The Hall–Kier alpha value is -3.31. The summed E-state index contributed by atoms with van der Waals surface area (Å²) in [5, 5.41) is 22.9. The van der Waals surface area contributed by atoms with Gasteiger partial charge < -0.3 is 14.8 Å². The Morgan fingerprint density at radius 2 is 2.07 bits per heavy atom. The van der Waals surface area contributed by atoms with Gasteiger partial charge in [0.2, 0.25) is 5.95 Å². The number of hydrogen-bond acceptors (Lipinski definition) is 7. The van der Waals surface area contributed by atoms with E-state index in [4.69, 9.17) is 5.11 Å². The number of fused-ring (bicyclic) bond motifs is 1. The number of H-pyrrole nitrogens is 1. The Bertz CT molecular complexity index is 1100. The smallest absolute Gasteiger partial charge is 0.329 e. The van der Waals surface area contributed by atoms with E-state index >= 15 is 0 Å². The Kier molecular flexibility index (Phi) is 5.14. The molecule has 2 aromatic heterocycles. The molecule has 0 saturated heterocycles. The Morgan fingerprint density at radius 1 is 1.37 bits per heavy atom. The van der Waals surface area contributed by atoms with Gasteiger partial charge in [-0.15, -0.1) is 0 Å². The van der Waals surface area contributed by atoms with Gasteiger partial charge in [-0.25, -0.2) is 14.6 Å². The molecule has 0 aliphatic carbocycles. The first-order chi connectivity index (χ1) is 12.9. The van der Waals surface area contributed by atoms with Gasteiger partial charge in [0.1, 0.15) is 5.82 Å². The van der Waals surface area contributed by atoms with Crippen LogP contribution < -0.4 is 16.7 Å². The van der Waals surface area contributed by atoms with Gasteiger partial charge in [0.05, 0.1) is 25.5 Å². The van der Waals surface area contributed by atoms with E-state index < -0.39 is 24.0 Å². The van der Waals surface area contributed by atoms with Crippen LogP contribution in [0.4, 0.5) is 10.3 Å². The van der Waals surface area contributed by atoms with Crippen LogP contribution in [0.1, 0.15) is 5.56 Å². The van der Waals surface area contributed by atoms with Gasteiger partial charge in [-0.1, -0.05) is 12.1 Å². The van der Waals surface area contributed by atoms with Crippen molar-refractivity contribution in [3.63, 3.8) is 0 Å². The fraction of sp³-hybridized carbons (Fsp3) is 0.250. The molecule has 1 unspecified atom stereocenters. The summed E-state index contributed by atoms with van der Waals surface area (Å²) in [6, 6.07) is 5.61. The molecule has 0 amide bonds. The minimum Gasteiger partial charge on any atom is -0.394 e. The van der Waals surface area contributed by atoms with E-state index in [0.29, 0.717) is 5.56 Å². The van der Waals surface area contributed by atoms with Crippen LogP contribution in [0.5, 0.6) is 0 Å². The topological polar surface area (TPSA) is 138 Å². The lowest BCUT2D eigenvalue weighted by atomic mass is 10.2. The van der Waals surface area contributed by atoms with E-state index in [0.717, 1.165) is 4.57 Å². The van der Waals surface area contributed by atoms with Crippen molar-refractivity contribution in [3.8, 4) is 0 Å². The number of benzene rings is 1. The van der Waals surface area contributed by atoms with E-state index in [-0.39, 0.29) is 29.5 Å². The monoisotopic (exact) mass is 376 g/mol. The second-order valence-corrected chi connectivity index (χ2v) is 5.79. The molecule has 10 nitrogen and oxygen atoms in total. The van der Waals surface area contributed by atoms with Crippen LogP contribution >= 0.6 is 0 Å². The average molecular weight is 376 g/mol. The first kappa shape index (κ1) is 18.5.